The minimum atomic E-state index is -1.38. The lowest BCUT2D eigenvalue weighted by Gasteiger charge is -2.23. The molecule has 0 spiro atoms. The highest BCUT2D eigenvalue weighted by molar-refractivity contribution is 6.02. The fourth-order valence-corrected chi connectivity index (χ4v) is 2.54. The van der Waals surface area contributed by atoms with Crippen LogP contribution in [0.25, 0.3) is 0 Å². The zero-order chi connectivity index (χ0) is 17.9. The van der Waals surface area contributed by atoms with Gasteiger partial charge in [0.05, 0.1) is 18.2 Å². The fourth-order valence-electron chi connectivity index (χ4n) is 2.54. The predicted molar refractivity (Wildman–Crippen MR) is 87.9 cm³/mol. The highest BCUT2D eigenvalue weighted by Crippen LogP contribution is 2.33. The van der Waals surface area contributed by atoms with Gasteiger partial charge in [-0.3, -0.25) is 9.59 Å². The molecule has 1 atom stereocenters. The summed E-state index contributed by atoms with van der Waals surface area (Å²) in [4.78, 5) is 37.3. The van der Waals surface area contributed by atoms with Crippen molar-refractivity contribution in [2.24, 2.45) is 5.92 Å². The summed E-state index contributed by atoms with van der Waals surface area (Å²) in [5, 5.41) is 11.6. The molecule has 0 unspecified atom stereocenters. The number of anilines is 1. The zero-order valence-electron chi connectivity index (χ0n) is 14.0. The van der Waals surface area contributed by atoms with E-state index < -0.39 is 23.3 Å². The number of benzene rings is 1. The first kappa shape index (κ1) is 17.8. The number of carbonyl (C=O) groups is 3. The second-order valence-electron chi connectivity index (χ2n) is 6.23. The molecule has 130 valence electrons. The van der Waals surface area contributed by atoms with Crippen molar-refractivity contribution in [2.45, 2.75) is 32.7 Å². The van der Waals surface area contributed by atoms with Gasteiger partial charge >= 0.3 is 5.97 Å². The molecular formula is C17H22N2O5. The average Bonchev–Trinajstić information content (AvgIpc) is 2.89. The van der Waals surface area contributed by atoms with E-state index in [-0.39, 0.29) is 18.9 Å². The summed E-state index contributed by atoms with van der Waals surface area (Å²) < 4.78 is 5.53. The number of para-hydroxylation sites is 2. The van der Waals surface area contributed by atoms with Gasteiger partial charge in [0.2, 0.25) is 11.8 Å². The van der Waals surface area contributed by atoms with Crippen LogP contribution in [0.1, 0.15) is 27.2 Å². The lowest BCUT2D eigenvalue weighted by molar-refractivity contribution is -0.146. The number of carboxylic acid groups (broad SMARTS) is 1. The number of hydrogen-bond acceptors (Lipinski definition) is 4. The quantitative estimate of drug-likeness (QED) is 0.820. The van der Waals surface area contributed by atoms with Crippen molar-refractivity contribution < 1.29 is 24.2 Å². The van der Waals surface area contributed by atoms with Crippen molar-refractivity contribution >= 4 is 23.5 Å². The number of nitrogens with zero attached hydrogens (tertiary/aromatic N) is 1. The van der Waals surface area contributed by atoms with Crippen LogP contribution >= 0.6 is 0 Å². The van der Waals surface area contributed by atoms with E-state index in [1.165, 1.54) is 18.7 Å². The Hall–Kier alpha value is -2.57. The average molecular weight is 334 g/mol. The second-order valence-corrected chi connectivity index (χ2v) is 6.23. The standard InChI is InChI=1S/C17H22N2O5/c1-4-24-13-8-6-5-7-12(13)19-10-11(9-14(19)20)15(21)18-17(2,3)16(22)23/h5-8,11H,4,9-10H2,1-3H3,(H,18,21)(H,22,23)/t11-/m0/s1. The maximum absolute atomic E-state index is 12.3. The minimum absolute atomic E-state index is 0.0436. The van der Waals surface area contributed by atoms with E-state index >= 15 is 0 Å². The molecule has 1 heterocycles. The molecule has 1 fully saturated rings. The van der Waals surface area contributed by atoms with Gasteiger partial charge in [-0.2, -0.15) is 0 Å². The summed E-state index contributed by atoms with van der Waals surface area (Å²) in [6.45, 7) is 5.34. The van der Waals surface area contributed by atoms with Crippen molar-refractivity contribution in [3.8, 4) is 5.75 Å². The first-order chi connectivity index (χ1) is 11.3. The van der Waals surface area contributed by atoms with Crippen LogP contribution in [0.15, 0.2) is 24.3 Å². The van der Waals surface area contributed by atoms with E-state index in [1.807, 2.05) is 13.0 Å². The van der Waals surface area contributed by atoms with Gasteiger partial charge in [-0.1, -0.05) is 12.1 Å². The molecule has 1 aliphatic rings. The van der Waals surface area contributed by atoms with Crippen LogP contribution in [-0.4, -0.2) is 41.6 Å². The van der Waals surface area contributed by atoms with Crippen LogP contribution in [0.3, 0.4) is 0 Å². The third-order valence-corrected chi connectivity index (χ3v) is 3.92. The number of amides is 2. The molecule has 7 nitrogen and oxygen atoms in total. The maximum Gasteiger partial charge on any atom is 0.328 e. The lowest BCUT2D eigenvalue weighted by atomic mass is 10.0. The van der Waals surface area contributed by atoms with Gasteiger partial charge < -0.3 is 20.1 Å². The molecule has 0 bridgehead atoms. The highest BCUT2D eigenvalue weighted by Gasteiger charge is 2.39. The number of rotatable bonds is 6. The normalized spacial score (nSPS) is 17.7. The van der Waals surface area contributed by atoms with Crippen molar-refractivity contribution in [1.29, 1.82) is 0 Å². The molecule has 24 heavy (non-hydrogen) atoms. The van der Waals surface area contributed by atoms with Gasteiger partial charge in [-0.15, -0.1) is 0 Å². The second kappa shape index (κ2) is 6.90. The first-order valence-electron chi connectivity index (χ1n) is 7.84. The van der Waals surface area contributed by atoms with Crippen LogP contribution < -0.4 is 15.0 Å². The first-order valence-corrected chi connectivity index (χ1v) is 7.84. The Kier molecular flexibility index (Phi) is 5.11. The maximum atomic E-state index is 12.3. The van der Waals surface area contributed by atoms with Gasteiger partial charge in [0.1, 0.15) is 11.3 Å². The Bertz CT molecular complexity index is 656. The van der Waals surface area contributed by atoms with Crippen molar-refractivity contribution in [1.82, 2.24) is 5.32 Å². The van der Waals surface area contributed by atoms with Crippen molar-refractivity contribution in [3.05, 3.63) is 24.3 Å². The Labute approximate surface area is 140 Å². The van der Waals surface area contributed by atoms with Crippen molar-refractivity contribution in [2.75, 3.05) is 18.1 Å². The Morgan fingerprint density at radius 2 is 2.04 bits per heavy atom. The molecule has 1 saturated heterocycles. The third kappa shape index (κ3) is 3.67. The van der Waals surface area contributed by atoms with Crippen LogP contribution in [0.5, 0.6) is 5.75 Å². The van der Waals surface area contributed by atoms with E-state index in [0.717, 1.165) is 0 Å². The summed E-state index contributed by atoms with van der Waals surface area (Å²) in [5.41, 5.74) is -0.756. The van der Waals surface area contributed by atoms with Crippen LogP contribution in [0.2, 0.25) is 0 Å². The Morgan fingerprint density at radius 1 is 1.38 bits per heavy atom. The summed E-state index contributed by atoms with van der Waals surface area (Å²) in [7, 11) is 0. The van der Waals surface area contributed by atoms with E-state index in [2.05, 4.69) is 5.32 Å². The summed E-state index contributed by atoms with van der Waals surface area (Å²) in [6, 6.07) is 7.15. The molecule has 2 amide bonds. The van der Waals surface area contributed by atoms with Gasteiger partial charge in [-0.25, -0.2) is 4.79 Å². The largest absolute Gasteiger partial charge is 0.492 e. The molecule has 2 rings (SSSR count). The fraction of sp³-hybridized carbons (Fsp3) is 0.471. The number of aliphatic carboxylic acids is 1. The summed E-state index contributed by atoms with van der Waals surface area (Å²) in [6.07, 6.45) is 0.0436. The number of carboxylic acids is 1. The molecule has 2 N–H and O–H groups in total. The predicted octanol–water partition coefficient (Wildman–Crippen LogP) is 1.42. The molecule has 0 aromatic heterocycles. The number of ether oxygens (including phenoxy) is 1. The van der Waals surface area contributed by atoms with E-state index in [9.17, 15) is 14.4 Å². The van der Waals surface area contributed by atoms with E-state index in [1.54, 1.807) is 18.2 Å². The van der Waals surface area contributed by atoms with Gasteiger partial charge in [0.25, 0.3) is 0 Å². The van der Waals surface area contributed by atoms with Gasteiger partial charge in [0, 0.05) is 13.0 Å². The molecule has 7 heteroatoms. The molecule has 0 aliphatic carbocycles. The number of nitrogens with one attached hydrogen (secondary N) is 1. The molecule has 1 aromatic carbocycles. The third-order valence-electron chi connectivity index (χ3n) is 3.92. The lowest BCUT2D eigenvalue weighted by Crippen LogP contribution is -2.51. The summed E-state index contributed by atoms with van der Waals surface area (Å²) in [5.74, 6) is -1.76. The molecule has 0 saturated carbocycles. The molecule has 1 aliphatic heterocycles. The molecule has 1 aromatic rings. The SMILES string of the molecule is CCOc1ccccc1N1C[C@@H](C(=O)NC(C)(C)C(=O)O)CC1=O. The monoisotopic (exact) mass is 334 g/mol. The highest BCUT2D eigenvalue weighted by atomic mass is 16.5. The number of hydrogen-bond donors (Lipinski definition) is 2. The van der Waals surface area contributed by atoms with Crippen LogP contribution in [0.4, 0.5) is 5.69 Å². The molecular weight excluding hydrogens is 312 g/mol. The van der Waals surface area contributed by atoms with E-state index in [0.29, 0.717) is 18.0 Å². The summed E-state index contributed by atoms with van der Waals surface area (Å²) >= 11 is 0. The van der Waals surface area contributed by atoms with Crippen molar-refractivity contribution in [3.63, 3.8) is 0 Å². The van der Waals surface area contributed by atoms with Gasteiger partial charge in [-0.05, 0) is 32.9 Å². The van der Waals surface area contributed by atoms with Gasteiger partial charge in [0.15, 0.2) is 0 Å². The smallest absolute Gasteiger partial charge is 0.328 e. The van der Waals surface area contributed by atoms with Crippen LogP contribution in [0, 0.1) is 5.92 Å². The molecule has 0 radical (unpaired) electrons. The number of carbonyl (C=O) groups excluding carboxylic acids is 2. The Balaban J connectivity index is 2.14. The minimum Gasteiger partial charge on any atom is -0.492 e. The zero-order valence-corrected chi connectivity index (χ0v) is 14.0. The Morgan fingerprint density at radius 3 is 2.67 bits per heavy atom. The topological polar surface area (TPSA) is 95.9 Å². The van der Waals surface area contributed by atoms with E-state index in [4.69, 9.17) is 9.84 Å². The van der Waals surface area contributed by atoms with Crippen LogP contribution in [-0.2, 0) is 14.4 Å².